The van der Waals surface area contributed by atoms with Crippen LogP contribution in [-0.4, -0.2) is 74.2 Å². The molecule has 2 saturated heterocycles. The van der Waals surface area contributed by atoms with Gasteiger partial charge in [-0.25, -0.2) is 4.39 Å². The number of aromatic nitrogens is 3. The molecule has 0 radical (unpaired) electrons. The Bertz CT molecular complexity index is 1240. The van der Waals surface area contributed by atoms with Crippen molar-refractivity contribution in [1.29, 1.82) is 0 Å². The molecule has 0 bridgehead atoms. The number of fused-ring (bicyclic) bond motifs is 1. The first-order valence-corrected chi connectivity index (χ1v) is 13.8. The van der Waals surface area contributed by atoms with Crippen LogP contribution in [0, 0.1) is 17.7 Å². The highest BCUT2D eigenvalue weighted by atomic mass is 19.1. The number of hydrogen-bond donors (Lipinski definition) is 1. The smallest absolute Gasteiger partial charge is 0.320 e. The number of benzene rings is 1. The molecule has 0 spiro atoms. The van der Waals surface area contributed by atoms with Gasteiger partial charge in [-0.1, -0.05) is 37.5 Å². The lowest BCUT2D eigenvalue weighted by molar-refractivity contribution is -0.144. The second-order valence-electron chi connectivity index (χ2n) is 11.3. The van der Waals surface area contributed by atoms with Crippen molar-refractivity contribution >= 4 is 11.6 Å². The van der Waals surface area contributed by atoms with Crippen LogP contribution in [0.4, 0.5) is 4.39 Å². The first kappa shape index (κ1) is 24.5. The number of nitrogens with zero attached hydrogens (tertiary/aromatic N) is 5. The molecule has 3 aliphatic rings. The molecule has 2 aliphatic heterocycles. The van der Waals surface area contributed by atoms with Crippen LogP contribution in [0.3, 0.4) is 0 Å². The molecule has 8 heteroatoms. The average molecular weight is 506 g/mol. The molecule has 1 saturated carbocycles. The highest BCUT2D eigenvalue weighted by Gasteiger charge is 2.41. The van der Waals surface area contributed by atoms with Gasteiger partial charge in [-0.3, -0.25) is 14.1 Å². The Hall–Kier alpha value is -2.84. The SMILES string of the molecule is O=C(O)[C@@H](CC1CCC1)N1CC(CN2CCC(c3nnc4ccccn34)CC2)C(c2cccc(F)c2)C1. The maximum Gasteiger partial charge on any atom is 0.320 e. The number of carboxylic acids is 1. The van der Waals surface area contributed by atoms with Crippen LogP contribution < -0.4 is 0 Å². The highest BCUT2D eigenvalue weighted by Crippen LogP contribution is 2.39. The summed E-state index contributed by atoms with van der Waals surface area (Å²) in [5.41, 5.74) is 1.88. The number of likely N-dealkylation sites (tertiary alicyclic amines) is 2. The minimum absolute atomic E-state index is 0.136. The molecule has 7 nitrogen and oxygen atoms in total. The van der Waals surface area contributed by atoms with Crippen molar-refractivity contribution in [2.75, 3.05) is 32.7 Å². The number of carboxylic acid groups (broad SMARTS) is 1. The van der Waals surface area contributed by atoms with Crippen LogP contribution >= 0.6 is 0 Å². The second-order valence-corrected chi connectivity index (χ2v) is 11.3. The first-order chi connectivity index (χ1) is 18.0. The van der Waals surface area contributed by atoms with E-state index in [2.05, 4.69) is 24.4 Å². The Morgan fingerprint density at radius 3 is 2.62 bits per heavy atom. The van der Waals surface area contributed by atoms with E-state index in [1.165, 1.54) is 12.5 Å². The summed E-state index contributed by atoms with van der Waals surface area (Å²) in [6.07, 6.45) is 8.32. The average Bonchev–Trinajstić information content (AvgIpc) is 3.48. The van der Waals surface area contributed by atoms with E-state index in [0.717, 1.165) is 75.3 Å². The van der Waals surface area contributed by atoms with Gasteiger partial charge in [0.15, 0.2) is 5.65 Å². The van der Waals surface area contributed by atoms with Gasteiger partial charge in [0.2, 0.25) is 0 Å². The zero-order chi connectivity index (χ0) is 25.4. The van der Waals surface area contributed by atoms with Crippen molar-refractivity contribution in [3.8, 4) is 0 Å². The number of aliphatic carboxylic acids is 1. The zero-order valence-corrected chi connectivity index (χ0v) is 21.3. The van der Waals surface area contributed by atoms with E-state index in [-0.39, 0.29) is 17.7 Å². The summed E-state index contributed by atoms with van der Waals surface area (Å²) in [6.45, 7) is 4.28. The van der Waals surface area contributed by atoms with Crippen LogP contribution in [0.1, 0.15) is 61.7 Å². The second kappa shape index (κ2) is 10.5. The maximum absolute atomic E-state index is 14.2. The summed E-state index contributed by atoms with van der Waals surface area (Å²) in [5.74, 6) is 1.42. The molecule has 2 aromatic heterocycles. The van der Waals surface area contributed by atoms with E-state index in [0.29, 0.717) is 18.4 Å². The van der Waals surface area contributed by atoms with Gasteiger partial charge < -0.3 is 10.0 Å². The number of halogens is 1. The number of hydrogen-bond acceptors (Lipinski definition) is 5. The molecule has 3 aromatic rings. The van der Waals surface area contributed by atoms with E-state index in [1.54, 1.807) is 12.1 Å². The lowest BCUT2D eigenvalue weighted by atomic mass is 9.80. The van der Waals surface area contributed by atoms with Crippen molar-refractivity contribution in [1.82, 2.24) is 24.4 Å². The van der Waals surface area contributed by atoms with Gasteiger partial charge in [-0.15, -0.1) is 10.2 Å². The van der Waals surface area contributed by atoms with E-state index >= 15 is 0 Å². The fourth-order valence-electron chi connectivity index (χ4n) is 6.75. The first-order valence-electron chi connectivity index (χ1n) is 13.8. The van der Waals surface area contributed by atoms with Crippen LogP contribution in [0.2, 0.25) is 0 Å². The highest BCUT2D eigenvalue weighted by molar-refractivity contribution is 5.73. The molecular weight excluding hydrogens is 469 g/mol. The van der Waals surface area contributed by atoms with Gasteiger partial charge in [-0.2, -0.15) is 0 Å². The Morgan fingerprint density at radius 1 is 1.05 bits per heavy atom. The van der Waals surface area contributed by atoms with E-state index in [9.17, 15) is 14.3 Å². The zero-order valence-electron chi connectivity index (χ0n) is 21.3. The minimum Gasteiger partial charge on any atom is -0.480 e. The summed E-state index contributed by atoms with van der Waals surface area (Å²) >= 11 is 0. The summed E-state index contributed by atoms with van der Waals surface area (Å²) < 4.78 is 16.3. The Balaban J connectivity index is 1.15. The normalized spacial score (nSPS) is 24.9. The topological polar surface area (TPSA) is 74.0 Å². The molecule has 1 N–H and O–H groups in total. The predicted molar refractivity (Wildman–Crippen MR) is 139 cm³/mol. The van der Waals surface area contributed by atoms with Gasteiger partial charge >= 0.3 is 5.97 Å². The Morgan fingerprint density at radius 2 is 1.89 bits per heavy atom. The molecular formula is C29H36FN5O2. The largest absolute Gasteiger partial charge is 0.480 e. The molecule has 1 aromatic carbocycles. The van der Waals surface area contributed by atoms with E-state index in [1.807, 2.05) is 30.5 Å². The Kier molecular flexibility index (Phi) is 6.95. The van der Waals surface area contributed by atoms with Gasteiger partial charge in [-0.05, 0) is 74.0 Å². The third-order valence-corrected chi connectivity index (χ3v) is 9.04. The standard InChI is InChI=1S/C29H36FN5O2/c30-24-8-4-7-22(16-24)25-19-34(26(29(36)37)15-20-5-3-6-20)18-23(25)17-33-13-10-21(11-14-33)28-32-31-27-9-1-2-12-35(27)28/h1-2,4,7-9,12,16,20-21,23,25-26H,3,5-6,10-11,13-15,17-19H2,(H,36,37)/t23?,25?,26-/m1/s1. The van der Waals surface area contributed by atoms with Crippen LogP contribution in [0.25, 0.3) is 5.65 Å². The van der Waals surface area contributed by atoms with E-state index < -0.39 is 12.0 Å². The van der Waals surface area contributed by atoms with Gasteiger partial charge in [0.25, 0.3) is 0 Å². The van der Waals surface area contributed by atoms with Crippen LogP contribution in [-0.2, 0) is 4.79 Å². The molecule has 3 fully saturated rings. The van der Waals surface area contributed by atoms with Crippen molar-refractivity contribution < 1.29 is 14.3 Å². The van der Waals surface area contributed by atoms with Gasteiger partial charge in [0, 0.05) is 37.7 Å². The molecule has 37 heavy (non-hydrogen) atoms. The fourth-order valence-corrected chi connectivity index (χ4v) is 6.75. The Labute approximate surface area is 217 Å². The number of pyridine rings is 1. The van der Waals surface area contributed by atoms with Crippen molar-refractivity contribution in [2.45, 2.75) is 56.4 Å². The molecule has 4 heterocycles. The van der Waals surface area contributed by atoms with Crippen molar-refractivity contribution in [3.05, 3.63) is 65.9 Å². The third kappa shape index (κ3) is 5.14. The van der Waals surface area contributed by atoms with Crippen LogP contribution in [0.5, 0.6) is 0 Å². The lowest BCUT2D eigenvalue weighted by Crippen LogP contribution is -2.43. The number of rotatable bonds is 8. The van der Waals surface area contributed by atoms with Gasteiger partial charge in [0.1, 0.15) is 17.7 Å². The monoisotopic (exact) mass is 505 g/mol. The number of piperidine rings is 1. The lowest BCUT2D eigenvalue weighted by Gasteiger charge is -2.34. The molecule has 196 valence electrons. The third-order valence-electron chi connectivity index (χ3n) is 9.04. The quantitative estimate of drug-likeness (QED) is 0.489. The predicted octanol–water partition coefficient (Wildman–Crippen LogP) is 4.41. The van der Waals surface area contributed by atoms with Crippen molar-refractivity contribution in [2.24, 2.45) is 11.8 Å². The molecule has 0 amide bonds. The molecule has 3 atom stereocenters. The fraction of sp³-hybridized carbons (Fsp3) is 0.552. The van der Waals surface area contributed by atoms with Gasteiger partial charge in [0.05, 0.1) is 0 Å². The molecule has 2 unspecified atom stereocenters. The summed E-state index contributed by atoms with van der Waals surface area (Å²) in [6, 6.07) is 12.5. The molecule has 1 aliphatic carbocycles. The van der Waals surface area contributed by atoms with Crippen LogP contribution in [0.15, 0.2) is 48.7 Å². The summed E-state index contributed by atoms with van der Waals surface area (Å²) in [4.78, 5) is 17.0. The molecule has 6 rings (SSSR count). The minimum atomic E-state index is -0.716. The number of carbonyl (C=O) groups is 1. The summed E-state index contributed by atoms with van der Waals surface area (Å²) in [5, 5.41) is 18.9. The van der Waals surface area contributed by atoms with Crippen molar-refractivity contribution in [3.63, 3.8) is 0 Å². The summed E-state index contributed by atoms with van der Waals surface area (Å²) in [7, 11) is 0. The van der Waals surface area contributed by atoms with E-state index in [4.69, 9.17) is 0 Å². The maximum atomic E-state index is 14.2.